The minimum absolute atomic E-state index is 0.578. The fourth-order valence-electron chi connectivity index (χ4n) is 2.22. The second-order valence-electron chi connectivity index (χ2n) is 4.16. The highest BCUT2D eigenvalue weighted by molar-refractivity contribution is 6.19. The van der Waals surface area contributed by atoms with Crippen molar-refractivity contribution in [3.63, 3.8) is 0 Å². The van der Waals surface area contributed by atoms with Gasteiger partial charge < -0.3 is 4.90 Å². The summed E-state index contributed by atoms with van der Waals surface area (Å²) in [4.78, 5) is 2.48. The van der Waals surface area contributed by atoms with E-state index in [1.54, 1.807) is 0 Å². The topological polar surface area (TPSA) is 3.24 Å². The number of benzene rings is 1. The van der Waals surface area contributed by atoms with Crippen LogP contribution in [0.4, 0.5) is 5.69 Å². The lowest BCUT2D eigenvalue weighted by Crippen LogP contribution is -2.29. The molecule has 2 heteroatoms. The molecule has 1 aromatic carbocycles. The maximum Gasteiger partial charge on any atom is 0.0439 e. The number of halogens is 1. The van der Waals surface area contributed by atoms with E-state index in [9.17, 15) is 0 Å². The molecule has 86 valence electrons. The Labute approximate surface area is 103 Å². The Morgan fingerprint density at radius 2 is 1.88 bits per heavy atom. The number of allylic oxidation sites excluding steroid dienone is 1. The smallest absolute Gasteiger partial charge is 0.0439 e. The lowest BCUT2D eigenvalue weighted by Gasteiger charge is -2.30. The summed E-state index contributed by atoms with van der Waals surface area (Å²) in [6, 6.07) is 8.57. The van der Waals surface area contributed by atoms with Crippen molar-refractivity contribution in [2.75, 3.05) is 23.9 Å². The van der Waals surface area contributed by atoms with Crippen molar-refractivity contribution in [3.05, 3.63) is 35.9 Å². The number of rotatable bonds is 3. The van der Waals surface area contributed by atoms with Crippen LogP contribution in [0.25, 0.3) is 6.08 Å². The number of piperidine rings is 1. The van der Waals surface area contributed by atoms with Crippen LogP contribution in [0.1, 0.15) is 24.8 Å². The van der Waals surface area contributed by atoms with Gasteiger partial charge in [-0.3, -0.25) is 0 Å². The lowest BCUT2D eigenvalue weighted by atomic mass is 10.1. The summed E-state index contributed by atoms with van der Waals surface area (Å²) in [6.07, 6.45) is 8.12. The number of hydrogen-bond donors (Lipinski definition) is 0. The molecule has 0 aliphatic carbocycles. The predicted octanol–water partition coefficient (Wildman–Crippen LogP) is 3.93. The second kappa shape index (κ2) is 5.95. The van der Waals surface area contributed by atoms with Crippen molar-refractivity contribution in [3.8, 4) is 0 Å². The van der Waals surface area contributed by atoms with E-state index in [0.29, 0.717) is 5.88 Å². The van der Waals surface area contributed by atoms with Crippen LogP contribution in [-0.4, -0.2) is 19.0 Å². The zero-order valence-corrected chi connectivity index (χ0v) is 10.3. The van der Waals surface area contributed by atoms with Gasteiger partial charge in [0.2, 0.25) is 0 Å². The monoisotopic (exact) mass is 235 g/mol. The van der Waals surface area contributed by atoms with Crippen molar-refractivity contribution in [2.45, 2.75) is 19.3 Å². The highest BCUT2D eigenvalue weighted by atomic mass is 35.5. The van der Waals surface area contributed by atoms with Gasteiger partial charge in [-0.2, -0.15) is 0 Å². The van der Waals surface area contributed by atoms with Crippen LogP contribution in [0.2, 0.25) is 0 Å². The molecule has 1 saturated heterocycles. The molecule has 0 bridgehead atoms. The fourth-order valence-corrected chi connectivity index (χ4v) is 2.31. The summed E-state index contributed by atoms with van der Waals surface area (Å²) in [5, 5.41) is 0. The van der Waals surface area contributed by atoms with Crippen molar-refractivity contribution >= 4 is 23.4 Å². The molecule has 0 spiro atoms. The first-order chi connectivity index (χ1) is 7.92. The third-order valence-corrected chi connectivity index (χ3v) is 3.20. The molecule has 2 rings (SSSR count). The maximum absolute atomic E-state index is 5.69. The van der Waals surface area contributed by atoms with Gasteiger partial charge >= 0.3 is 0 Å². The van der Waals surface area contributed by atoms with E-state index in [2.05, 4.69) is 35.2 Å². The predicted molar refractivity (Wildman–Crippen MR) is 72.3 cm³/mol. The summed E-state index contributed by atoms with van der Waals surface area (Å²) in [7, 11) is 0. The molecule has 1 fully saturated rings. The summed E-state index contributed by atoms with van der Waals surface area (Å²) < 4.78 is 0. The molecule has 0 aromatic heterocycles. The molecular weight excluding hydrogens is 218 g/mol. The minimum atomic E-state index is 0.578. The highest BCUT2D eigenvalue weighted by Gasteiger charge is 2.12. The second-order valence-corrected chi connectivity index (χ2v) is 4.47. The number of hydrogen-bond acceptors (Lipinski definition) is 1. The molecule has 1 aromatic rings. The third kappa shape index (κ3) is 2.79. The van der Waals surface area contributed by atoms with E-state index < -0.39 is 0 Å². The fraction of sp³-hybridized carbons (Fsp3) is 0.429. The number of para-hydroxylation sites is 1. The van der Waals surface area contributed by atoms with Crippen LogP contribution in [0.15, 0.2) is 30.3 Å². The largest absolute Gasteiger partial charge is 0.371 e. The Bertz CT molecular complexity index is 354. The zero-order chi connectivity index (χ0) is 11.2. The number of alkyl halides is 1. The Morgan fingerprint density at radius 3 is 2.62 bits per heavy atom. The van der Waals surface area contributed by atoms with E-state index >= 15 is 0 Å². The van der Waals surface area contributed by atoms with Gasteiger partial charge in [0.1, 0.15) is 0 Å². The molecule has 0 amide bonds. The molecule has 1 aliphatic rings. The molecular formula is C14H18ClN. The molecule has 0 atom stereocenters. The van der Waals surface area contributed by atoms with Gasteiger partial charge in [-0.15, -0.1) is 11.6 Å². The standard InChI is InChI=1S/C14H18ClN/c15-10-6-8-13-7-2-3-9-14(13)16-11-4-1-5-12-16/h2-3,6-9H,1,4-5,10-12H2. The van der Waals surface area contributed by atoms with Crippen LogP contribution >= 0.6 is 11.6 Å². The van der Waals surface area contributed by atoms with Crippen LogP contribution in [0.5, 0.6) is 0 Å². The Morgan fingerprint density at radius 1 is 1.12 bits per heavy atom. The van der Waals surface area contributed by atoms with Crippen molar-refractivity contribution in [2.24, 2.45) is 0 Å². The van der Waals surface area contributed by atoms with E-state index in [0.717, 1.165) is 0 Å². The normalized spacial score (nSPS) is 16.9. The van der Waals surface area contributed by atoms with Crippen LogP contribution in [0.3, 0.4) is 0 Å². The van der Waals surface area contributed by atoms with E-state index in [1.165, 1.54) is 43.6 Å². The van der Waals surface area contributed by atoms with E-state index in [4.69, 9.17) is 11.6 Å². The molecule has 0 N–H and O–H groups in total. The number of anilines is 1. The first kappa shape index (κ1) is 11.5. The van der Waals surface area contributed by atoms with Gasteiger partial charge in [-0.05, 0) is 30.9 Å². The van der Waals surface area contributed by atoms with Gasteiger partial charge in [-0.1, -0.05) is 30.4 Å². The van der Waals surface area contributed by atoms with Crippen molar-refractivity contribution in [1.82, 2.24) is 0 Å². The minimum Gasteiger partial charge on any atom is -0.371 e. The first-order valence-corrected chi connectivity index (χ1v) is 6.52. The van der Waals surface area contributed by atoms with Crippen LogP contribution in [0, 0.1) is 0 Å². The Balaban J connectivity index is 2.20. The van der Waals surface area contributed by atoms with E-state index in [1.807, 2.05) is 6.08 Å². The highest BCUT2D eigenvalue weighted by Crippen LogP contribution is 2.24. The molecule has 0 radical (unpaired) electrons. The van der Waals surface area contributed by atoms with Crippen LogP contribution < -0.4 is 4.90 Å². The van der Waals surface area contributed by atoms with Crippen molar-refractivity contribution < 1.29 is 0 Å². The SMILES string of the molecule is ClCC=Cc1ccccc1N1CCCCC1. The lowest BCUT2D eigenvalue weighted by molar-refractivity contribution is 0.577. The van der Waals surface area contributed by atoms with Crippen molar-refractivity contribution in [1.29, 1.82) is 0 Å². The Kier molecular flexibility index (Phi) is 4.29. The molecule has 1 aliphatic heterocycles. The average Bonchev–Trinajstić information content (AvgIpc) is 2.38. The quantitative estimate of drug-likeness (QED) is 0.718. The van der Waals surface area contributed by atoms with Gasteiger partial charge in [-0.25, -0.2) is 0 Å². The summed E-state index contributed by atoms with van der Waals surface area (Å²) in [5.74, 6) is 0.578. The summed E-state index contributed by atoms with van der Waals surface area (Å²) >= 11 is 5.69. The van der Waals surface area contributed by atoms with Crippen LogP contribution in [-0.2, 0) is 0 Å². The summed E-state index contributed by atoms with van der Waals surface area (Å²) in [6.45, 7) is 2.37. The van der Waals surface area contributed by atoms with Gasteiger partial charge in [0, 0.05) is 24.7 Å². The van der Waals surface area contributed by atoms with Gasteiger partial charge in [0.25, 0.3) is 0 Å². The molecule has 16 heavy (non-hydrogen) atoms. The molecule has 1 nitrogen and oxygen atoms in total. The average molecular weight is 236 g/mol. The zero-order valence-electron chi connectivity index (χ0n) is 9.53. The maximum atomic E-state index is 5.69. The van der Waals surface area contributed by atoms with Gasteiger partial charge in [0.15, 0.2) is 0 Å². The van der Waals surface area contributed by atoms with Gasteiger partial charge in [0.05, 0.1) is 0 Å². The summed E-state index contributed by atoms with van der Waals surface area (Å²) in [5.41, 5.74) is 2.63. The van der Waals surface area contributed by atoms with E-state index in [-0.39, 0.29) is 0 Å². The molecule has 0 unspecified atom stereocenters. The Hall–Kier alpha value is -0.950. The molecule has 0 saturated carbocycles. The third-order valence-electron chi connectivity index (χ3n) is 3.02. The molecule has 1 heterocycles. The number of nitrogens with zero attached hydrogens (tertiary/aromatic N) is 1. The first-order valence-electron chi connectivity index (χ1n) is 5.98.